The molecule has 0 atom stereocenters. The Labute approximate surface area is 112 Å². The first-order chi connectivity index (χ1) is 8.97. The first-order valence-electron chi connectivity index (χ1n) is 5.20. The molecule has 2 aromatic rings. The quantitative estimate of drug-likeness (QED) is 0.793. The second-order valence-corrected chi connectivity index (χ2v) is 4.11. The second-order valence-electron chi connectivity index (χ2n) is 3.70. The highest BCUT2D eigenvalue weighted by Gasteiger charge is 2.14. The minimum Gasteiger partial charge on any atom is -0.478 e. The number of carbonyl (C=O) groups excluding carboxylic acids is 1. The zero-order chi connectivity index (χ0) is 14.0. The largest absolute Gasteiger partial charge is 0.478 e. The lowest BCUT2D eigenvalue weighted by molar-refractivity contribution is 0.0696. The van der Waals surface area contributed by atoms with Crippen LogP contribution in [0.15, 0.2) is 18.2 Å². The number of anilines is 1. The van der Waals surface area contributed by atoms with Gasteiger partial charge in [-0.25, -0.2) is 9.78 Å². The monoisotopic (exact) mass is 280 g/mol. The van der Waals surface area contributed by atoms with E-state index in [4.69, 9.17) is 16.7 Å². The van der Waals surface area contributed by atoms with Gasteiger partial charge in [-0.3, -0.25) is 9.89 Å². The third-order valence-corrected chi connectivity index (χ3v) is 2.58. The van der Waals surface area contributed by atoms with E-state index in [0.717, 1.165) is 0 Å². The average molecular weight is 281 g/mol. The molecule has 0 aliphatic heterocycles. The molecule has 7 nitrogen and oxygen atoms in total. The van der Waals surface area contributed by atoms with E-state index in [1.54, 1.807) is 6.92 Å². The number of carbonyl (C=O) groups is 2. The van der Waals surface area contributed by atoms with Gasteiger partial charge in [-0.05, 0) is 25.1 Å². The first kappa shape index (κ1) is 13.0. The molecule has 1 aromatic carbocycles. The molecule has 0 saturated carbocycles. The van der Waals surface area contributed by atoms with E-state index in [1.165, 1.54) is 18.2 Å². The Morgan fingerprint density at radius 1 is 1.42 bits per heavy atom. The molecule has 0 saturated heterocycles. The highest BCUT2D eigenvalue weighted by Crippen LogP contribution is 2.23. The second kappa shape index (κ2) is 5.07. The van der Waals surface area contributed by atoms with Gasteiger partial charge in [-0.15, -0.1) is 5.10 Å². The van der Waals surface area contributed by atoms with Crippen molar-refractivity contribution in [3.63, 3.8) is 0 Å². The molecule has 1 aromatic heterocycles. The molecule has 0 bridgehead atoms. The lowest BCUT2D eigenvalue weighted by Crippen LogP contribution is -2.14. The van der Waals surface area contributed by atoms with Crippen LogP contribution in [-0.2, 0) is 0 Å². The topological polar surface area (TPSA) is 108 Å². The molecule has 0 unspecified atom stereocenters. The maximum atomic E-state index is 11.8. The van der Waals surface area contributed by atoms with Crippen LogP contribution in [0, 0.1) is 6.92 Å². The number of nitrogens with zero attached hydrogens (tertiary/aromatic N) is 2. The van der Waals surface area contributed by atoms with E-state index >= 15 is 0 Å². The zero-order valence-corrected chi connectivity index (χ0v) is 10.5. The molecule has 0 aliphatic carbocycles. The normalized spacial score (nSPS) is 10.2. The van der Waals surface area contributed by atoms with Crippen LogP contribution in [-0.4, -0.2) is 32.2 Å². The Bertz CT molecular complexity index is 653. The fourth-order valence-electron chi connectivity index (χ4n) is 1.37. The number of aromatic nitrogens is 3. The van der Waals surface area contributed by atoms with Gasteiger partial charge in [0.05, 0.1) is 16.3 Å². The number of hydrogen-bond donors (Lipinski definition) is 3. The number of aromatic carboxylic acids is 1. The van der Waals surface area contributed by atoms with E-state index < -0.39 is 11.9 Å². The average Bonchev–Trinajstić information content (AvgIpc) is 2.78. The van der Waals surface area contributed by atoms with Gasteiger partial charge in [0.25, 0.3) is 5.91 Å². The van der Waals surface area contributed by atoms with Crippen LogP contribution in [0.3, 0.4) is 0 Å². The Morgan fingerprint density at radius 3 is 2.68 bits per heavy atom. The maximum Gasteiger partial charge on any atom is 0.335 e. The van der Waals surface area contributed by atoms with Gasteiger partial charge in [0, 0.05) is 0 Å². The van der Waals surface area contributed by atoms with Gasteiger partial charge in [-0.1, -0.05) is 11.6 Å². The fourth-order valence-corrected chi connectivity index (χ4v) is 1.60. The molecule has 3 N–H and O–H groups in total. The van der Waals surface area contributed by atoms with Gasteiger partial charge in [0.15, 0.2) is 0 Å². The Balaban J connectivity index is 2.20. The number of amides is 1. The summed E-state index contributed by atoms with van der Waals surface area (Å²) < 4.78 is 0. The number of nitrogens with one attached hydrogen (secondary N) is 2. The number of rotatable bonds is 3. The van der Waals surface area contributed by atoms with Crippen molar-refractivity contribution in [3.05, 3.63) is 40.4 Å². The highest BCUT2D eigenvalue weighted by molar-refractivity contribution is 6.34. The molecule has 0 radical (unpaired) electrons. The van der Waals surface area contributed by atoms with Crippen LogP contribution in [0.25, 0.3) is 0 Å². The molecule has 0 fully saturated rings. The molecule has 2 rings (SSSR count). The number of aromatic amines is 1. The van der Waals surface area contributed by atoms with E-state index in [1.807, 2.05) is 0 Å². The van der Waals surface area contributed by atoms with Crippen LogP contribution >= 0.6 is 11.6 Å². The van der Waals surface area contributed by atoms with E-state index in [2.05, 4.69) is 20.5 Å². The van der Waals surface area contributed by atoms with Crippen molar-refractivity contribution in [1.82, 2.24) is 15.2 Å². The summed E-state index contributed by atoms with van der Waals surface area (Å²) in [7, 11) is 0. The summed E-state index contributed by atoms with van der Waals surface area (Å²) in [5, 5.41) is 17.7. The molecular formula is C11H9ClN4O3. The number of H-pyrrole nitrogens is 1. The minimum atomic E-state index is -1.09. The van der Waals surface area contributed by atoms with Crippen molar-refractivity contribution in [3.8, 4) is 0 Å². The van der Waals surface area contributed by atoms with Crippen molar-refractivity contribution < 1.29 is 14.7 Å². The SMILES string of the molecule is Cc1nc(C(=O)Nc2ccc(C(=O)O)cc2Cl)n[nH]1. The number of carboxylic acids is 1. The van der Waals surface area contributed by atoms with E-state index in [9.17, 15) is 9.59 Å². The summed E-state index contributed by atoms with van der Waals surface area (Å²) in [5.41, 5.74) is 0.329. The Kier molecular flexibility index (Phi) is 3.48. The summed E-state index contributed by atoms with van der Waals surface area (Å²) in [6.07, 6.45) is 0. The molecule has 0 spiro atoms. The summed E-state index contributed by atoms with van der Waals surface area (Å²) in [4.78, 5) is 26.4. The van der Waals surface area contributed by atoms with Crippen LogP contribution in [0.4, 0.5) is 5.69 Å². The van der Waals surface area contributed by atoms with Gasteiger partial charge in [-0.2, -0.15) is 0 Å². The fraction of sp³-hybridized carbons (Fsp3) is 0.0909. The summed E-state index contributed by atoms with van der Waals surface area (Å²) >= 11 is 5.88. The van der Waals surface area contributed by atoms with Crippen molar-refractivity contribution in [2.75, 3.05) is 5.32 Å². The maximum absolute atomic E-state index is 11.8. The number of halogens is 1. The molecule has 1 heterocycles. The lowest BCUT2D eigenvalue weighted by Gasteiger charge is -2.05. The van der Waals surface area contributed by atoms with Crippen molar-refractivity contribution >= 4 is 29.2 Å². The van der Waals surface area contributed by atoms with Gasteiger partial charge in [0.1, 0.15) is 5.82 Å². The minimum absolute atomic E-state index is 0.0177. The third kappa shape index (κ3) is 2.89. The molecule has 0 aliphatic rings. The van der Waals surface area contributed by atoms with Crippen LogP contribution in [0.2, 0.25) is 5.02 Å². The van der Waals surface area contributed by atoms with Gasteiger partial charge in [0.2, 0.25) is 5.82 Å². The Morgan fingerprint density at radius 2 is 2.16 bits per heavy atom. The molecule has 98 valence electrons. The summed E-state index contributed by atoms with van der Waals surface area (Å²) in [5.74, 6) is -1.13. The predicted octanol–water partition coefficient (Wildman–Crippen LogP) is 1.72. The smallest absolute Gasteiger partial charge is 0.335 e. The van der Waals surface area contributed by atoms with Crippen molar-refractivity contribution in [2.24, 2.45) is 0 Å². The molecule has 19 heavy (non-hydrogen) atoms. The molecular weight excluding hydrogens is 272 g/mol. The lowest BCUT2D eigenvalue weighted by atomic mass is 10.2. The standard InChI is InChI=1S/C11H9ClN4O3/c1-5-13-9(16-15-5)10(17)14-8-3-2-6(11(18)19)4-7(8)12/h2-4H,1H3,(H,14,17)(H,18,19)(H,13,15,16). The number of carboxylic acid groups (broad SMARTS) is 1. The Hall–Kier alpha value is -2.41. The van der Waals surface area contributed by atoms with Gasteiger partial charge < -0.3 is 10.4 Å². The predicted molar refractivity (Wildman–Crippen MR) is 67.5 cm³/mol. The molecule has 8 heteroatoms. The number of aryl methyl sites for hydroxylation is 1. The van der Waals surface area contributed by atoms with E-state index in [-0.39, 0.29) is 16.4 Å². The van der Waals surface area contributed by atoms with Crippen LogP contribution < -0.4 is 5.32 Å². The first-order valence-corrected chi connectivity index (χ1v) is 5.58. The summed E-state index contributed by atoms with van der Waals surface area (Å²) in [6.45, 7) is 1.67. The summed E-state index contributed by atoms with van der Waals surface area (Å²) in [6, 6.07) is 4.00. The van der Waals surface area contributed by atoms with Crippen molar-refractivity contribution in [2.45, 2.75) is 6.92 Å². The number of benzene rings is 1. The number of hydrogen-bond acceptors (Lipinski definition) is 4. The van der Waals surface area contributed by atoms with Gasteiger partial charge >= 0.3 is 5.97 Å². The van der Waals surface area contributed by atoms with E-state index in [0.29, 0.717) is 11.5 Å². The third-order valence-electron chi connectivity index (χ3n) is 2.26. The molecule has 1 amide bonds. The zero-order valence-electron chi connectivity index (χ0n) is 9.77. The van der Waals surface area contributed by atoms with Crippen LogP contribution in [0.5, 0.6) is 0 Å². The van der Waals surface area contributed by atoms with Crippen LogP contribution in [0.1, 0.15) is 26.8 Å². The highest BCUT2D eigenvalue weighted by atomic mass is 35.5. The van der Waals surface area contributed by atoms with Crippen molar-refractivity contribution in [1.29, 1.82) is 0 Å².